The van der Waals surface area contributed by atoms with E-state index in [0.717, 1.165) is 16.8 Å². The van der Waals surface area contributed by atoms with Gasteiger partial charge in [0.15, 0.2) is 5.82 Å². The van der Waals surface area contributed by atoms with Crippen LogP contribution in [0.3, 0.4) is 0 Å². The molecule has 0 saturated carbocycles. The van der Waals surface area contributed by atoms with Gasteiger partial charge in [-0.3, -0.25) is 9.78 Å². The molecule has 0 fully saturated rings. The molecule has 2 aromatic heterocycles. The van der Waals surface area contributed by atoms with E-state index < -0.39 is 0 Å². The molecule has 0 aliphatic carbocycles. The monoisotopic (exact) mass is 300 g/mol. The molecule has 0 radical (unpaired) electrons. The summed E-state index contributed by atoms with van der Waals surface area (Å²) in [6.45, 7) is 6.25. The van der Waals surface area contributed by atoms with Gasteiger partial charge in [-0.2, -0.15) is 0 Å². The maximum atomic E-state index is 11.7. The number of nitrogens with one attached hydrogen (secondary N) is 1. The zero-order valence-corrected chi connectivity index (χ0v) is 13.0. The Hall–Kier alpha value is -2.34. The average molecular weight is 300 g/mol. The number of hydrogen-bond acceptors (Lipinski definition) is 5. The van der Waals surface area contributed by atoms with Gasteiger partial charge in [0.2, 0.25) is 5.91 Å². The van der Waals surface area contributed by atoms with Crippen molar-refractivity contribution in [2.24, 2.45) is 0 Å². The van der Waals surface area contributed by atoms with Crippen LogP contribution in [-0.2, 0) is 9.53 Å². The van der Waals surface area contributed by atoms with Crippen LogP contribution < -0.4 is 5.32 Å². The van der Waals surface area contributed by atoms with E-state index in [-0.39, 0.29) is 18.6 Å². The normalized spacial score (nSPS) is 12.0. The lowest BCUT2D eigenvalue weighted by Gasteiger charge is -2.16. The van der Waals surface area contributed by atoms with Gasteiger partial charge in [-0.25, -0.2) is 9.97 Å². The Morgan fingerprint density at radius 1 is 1.36 bits per heavy atom. The standard InChI is InChI=1S/C16H20N4O2/c1-4-22-10-15(21)19-11(2)14-9-18-16(20-12(14)3)13-5-7-17-8-6-13/h5-9,11H,4,10H2,1-3H3,(H,19,21)/t11-/m0/s1. The average Bonchev–Trinajstić information content (AvgIpc) is 2.53. The lowest BCUT2D eigenvalue weighted by Crippen LogP contribution is -2.30. The molecule has 2 aromatic rings. The van der Waals surface area contributed by atoms with Crippen molar-refractivity contribution in [1.82, 2.24) is 20.3 Å². The summed E-state index contributed by atoms with van der Waals surface area (Å²) in [7, 11) is 0. The van der Waals surface area contributed by atoms with Crippen molar-refractivity contribution in [2.45, 2.75) is 26.8 Å². The summed E-state index contributed by atoms with van der Waals surface area (Å²) in [5, 5.41) is 2.88. The molecule has 0 unspecified atom stereocenters. The second-order valence-electron chi connectivity index (χ2n) is 4.90. The Morgan fingerprint density at radius 2 is 2.09 bits per heavy atom. The van der Waals surface area contributed by atoms with Crippen molar-refractivity contribution >= 4 is 5.91 Å². The van der Waals surface area contributed by atoms with E-state index in [9.17, 15) is 4.79 Å². The molecule has 22 heavy (non-hydrogen) atoms. The summed E-state index contributed by atoms with van der Waals surface area (Å²) in [5.41, 5.74) is 2.64. The Morgan fingerprint density at radius 3 is 2.73 bits per heavy atom. The first-order valence-corrected chi connectivity index (χ1v) is 7.22. The van der Waals surface area contributed by atoms with Crippen molar-refractivity contribution in [1.29, 1.82) is 0 Å². The fourth-order valence-corrected chi connectivity index (χ4v) is 2.10. The lowest BCUT2D eigenvalue weighted by atomic mass is 10.1. The third-order valence-electron chi connectivity index (χ3n) is 3.24. The summed E-state index contributed by atoms with van der Waals surface area (Å²) >= 11 is 0. The van der Waals surface area contributed by atoms with Gasteiger partial charge in [-0.05, 0) is 32.9 Å². The number of aromatic nitrogens is 3. The topological polar surface area (TPSA) is 77.0 Å². The fourth-order valence-electron chi connectivity index (χ4n) is 2.10. The molecular formula is C16H20N4O2. The van der Waals surface area contributed by atoms with Crippen LogP contribution in [0.4, 0.5) is 0 Å². The first kappa shape index (κ1) is 16.0. The van der Waals surface area contributed by atoms with Gasteiger partial charge in [0.1, 0.15) is 6.61 Å². The van der Waals surface area contributed by atoms with Crippen LogP contribution in [0.2, 0.25) is 0 Å². The van der Waals surface area contributed by atoms with Crippen LogP contribution >= 0.6 is 0 Å². The molecule has 1 N–H and O–H groups in total. The maximum Gasteiger partial charge on any atom is 0.246 e. The maximum absolute atomic E-state index is 11.7. The molecule has 6 nitrogen and oxygen atoms in total. The van der Waals surface area contributed by atoms with Gasteiger partial charge in [0.05, 0.1) is 6.04 Å². The number of ether oxygens (including phenoxy) is 1. The zero-order valence-electron chi connectivity index (χ0n) is 13.0. The van der Waals surface area contributed by atoms with E-state index in [1.807, 2.05) is 32.9 Å². The summed E-state index contributed by atoms with van der Waals surface area (Å²) in [6, 6.07) is 3.56. The van der Waals surface area contributed by atoms with Gasteiger partial charge in [-0.15, -0.1) is 0 Å². The van der Waals surface area contributed by atoms with Crippen LogP contribution in [0.5, 0.6) is 0 Å². The molecule has 0 aromatic carbocycles. The van der Waals surface area contributed by atoms with Gasteiger partial charge < -0.3 is 10.1 Å². The Kier molecular flexibility index (Phi) is 5.55. The zero-order chi connectivity index (χ0) is 15.9. The summed E-state index contributed by atoms with van der Waals surface area (Å²) in [5.74, 6) is 0.503. The molecule has 116 valence electrons. The largest absolute Gasteiger partial charge is 0.372 e. The number of amides is 1. The van der Waals surface area contributed by atoms with E-state index in [0.29, 0.717) is 12.4 Å². The number of nitrogens with zero attached hydrogens (tertiary/aromatic N) is 3. The third kappa shape index (κ3) is 4.08. The van der Waals surface area contributed by atoms with Gasteiger partial charge in [0.25, 0.3) is 0 Å². The molecule has 0 saturated heterocycles. The number of carbonyl (C=O) groups is 1. The number of hydrogen-bond donors (Lipinski definition) is 1. The predicted molar refractivity (Wildman–Crippen MR) is 83.1 cm³/mol. The number of aryl methyl sites for hydroxylation is 1. The first-order chi connectivity index (χ1) is 10.6. The van der Waals surface area contributed by atoms with Crippen LogP contribution in [0.25, 0.3) is 11.4 Å². The van der Waals surface area contributed by atoms with E-state index >= 15 is 0 Å². The van der Waals surface area contributed by atoms with Crippen molar-refractivity contribution in [3.63, 3.8) is 0 Å². The van der Waals surface area contributed by atoms with E-state index in [2.05, 4.69) is 20.3 Å². The minimum absolute atomic E-state index is 0.0653. The van der Waals surface area contributed by atoms with Crippen LogP contribution in [0.15, 0.2) is 30.7 Å². The summed E-state index contributed by atoms with van der Waals surface area (Å²) in [6.07, 6.45) is 5.17. The third-order valence-corrected chi connectivity index (χ3v) is 3.24. The number of carbonyl (C=O) groups excluding carboxylic acids is 1. The molecule has 1 amide bonds. The van der Waals surface area contributed by atoms with Crippen LogP contribution in [0.1, 0.15) is 31.1 Å². The quantitative estimate of drug-likeness (QED) is 0.883. The minimum Gasteiger partial charge on any atom is -0.372 e. The second kappa shape index (κ2) is 7.61. The fraction of sp³-hybridized carbons (Fsp3) is 0.375. The molecule has 0 aliphatic rings. The van der Waals surface area contributed by atoms with Gasteiger partial charge >= 0.3 is 0 Å². The van der Waals surface area contributed by atoms with E-state index in [1.54, 1.807) is 18.6 Å². The van der Waals surface area contributed by atoms with Crippen molar-refractivity contribution in [2.75, 3.05) is 13.2 Å². The number of pyridine rings is 1. The molecule has 0 aliphatic heterocycles. The number of rotatable bonds is 6. The highest BCUT2D eigenvalue weighted by atomic mass is 16.5. The smallest absolute Gasteiger partial charge is 0.246 e. The minimum atomic E-state index is -0.167. The summed E-state index contributed by atoms with van der Waals surface area (Å²) in [4.78, 5) is 24.6. The first-order valence-electron chi connectivity index (χ1n) is 7.22. The molecule has 2 rings (SSSR count). The summed E-state index contributed by atoms with van der Waals surface area (Å²) < 4.78 is 5.09. The second-order valence-corrected chi connectivity index (χ2v) is 4.90. The lowest BCUT2D eigenvalue weighted by molar-refractivity contribution is -0.126. The predicted octanol–water partition coefficient (Wildman–Crippen LogP) is 2.06. The van der Waals surface area contributed by atoms with Crippen molar-refractivity contribution in [3.05, 3.63) is 42.0 Å². The molecule has 0 bridgehead atoms. The highest BCUT2D eigenvalue weighted by molar-refractivity contribution is 5.77. The van der Waals surface area contributed by atoms with Gasteiger partial charge in [-0.1, -0.05) is 0 Å². The molecule has 1 atom stereocenters. The van der Waals surface area contributed by atoms with Gasteiger partial charge in [0, 0.05) is 42.0 Å². The van der Waals surface area contributed by atoms with Crippen molar-refractivity contribution < 1.29 is 9.53 Å². The Bertz CT molecular complexity index is 631. The van der Waals surface area contributed by atoms with Crippen molar-refractivity contribution in [3.8, 4) is 11.4 Å². The van der Waals surface area contributed by atoms with E-state index in [4.69, 9.17) is 4.74 Å². The Labute approximate surface area is 130 Å². The molecule has 6 heteroatoms. The van der Waals surface area contributed by atoms with Crippen LogP contribution in [0, 0.1) is 6.92 Å². The molecule has 2 heterocycles. The van der Waals surface area contributed by atoms with Crippen LogP contribution in [-0.4, -0.2) is 34.1 Å². The Balaban J connectivity index is 2.11. The van der Waals surface area contributed by atoms with E-state index in [1.165, 1.54) is 0 Å². The molecular weight excluding hydrogens is 280 g/mol. The SMILES string of the molecule is CCOCC(=O)N[C@@H](C)c1cnc(-c2ccncc2)nc1C. The molecule has 0 spiro atoms. The highest BCUT2D eigenvalue weighted by Crippen LogP contribution is 2.19. The highest BCUT2D eigenvalue weighted by Gasteiger charge is 2.14.